The Balaban J connectivity index is 0.00000163. The van der Waals surface area contributed by atoms with E-state index >= 15 is 0 Å². The van der Waals surface area contributed by atoms with Gasteiger partial charge in [0, 0.05) is 32.5 Å². The Morgan fingerprint density at radius 3 is 2.27 bits per heavy atom. The van der Waals surface area contributed by atoms with E-state index in [1.165, 1.54) is 11.3 Å². The van der Waals surface area contributed by atoms with E-state index in [9.17, 15) is 0 Å². The molecule has 7 heteroatoms. The van der Waals surface area contributed by atoms with Crippen molar-refractivity contribution in [2.45, 2.75) is 0 Å². The van der Waals surface area contributed by atoms with Crippen LogP contribution < -0.4 is 4.90 Å². The van der Waals surface area contributed by atoms with Crippen molar-refractivity contribution in [3.05, 3.63) is 53.3 Å². The van der Waals surface area contributed by atoms with Crippen LogP contribution in [0.25, 0.3) is 16.4 Å². The third-order valence-electron chi connectivity index (χ3n) is 3.57. The second kappa shape index (κ2) is 13.1. The molecule has 0 spiro atoms. The molecule has 0 saturated carbocycles. The summed E-state index contributed by atoms with van der Waals surface area (Å²) in [5.74, 6) is 1.25. The average Bonchev–Trinajstić information content (AvgIpc) is 2.68. The molecule has 0 amide bonds. The molecule has 2 aromatic carbocycles. The van der Waals surface area contributed by atoms with Crippen LogP contribution in [0.15, 0.2) is 47.5 Å². The molecule has 0 N–H and O–H groups in total. The molecule has 0 aliphatic rings. The molecule has 2 aromatic rings. The van der Waals surface area contributed by atoms with Crippen LogP contribution in [0.2, 0.25) is 0 Å². The Bertz CT molecular complexity index is 694. The van der Waals surface area contributed by atoms with Gasteiger partial charge >= 0.3 is 22.4 Å². The predicted octanol–water partition coefficient (Wildman–Crippen LogP) is 3.82. The number of benzene rings is 2. The van der Waals surface area contributed by atoms with E-state index in [0.29, 0.717) is 24.6 Å². The Labute approximate surface area is 177 Å². The molecule has 0 heterocycles. The molecule has 4 nitrogen and oxygen atoms in total. The summed E-state index contributed by atoms with van der Waals surface area (Å²) < 4.78 is 8.22. The van der Waals surface area contributed by atoms with Gasteiger partial charge in [-0.2, -0.15) is 18.1 Å². The van der Waals surface area contributed by atoms with Crippen molar-refractivity contribution < 1.29 is 22.4 Å². The zero-order valence-electron chi connectivity index (χ0n) is 14.9. The maximum absolute atomic E-state index is 8.22. The van der Waals surface area contributed by atoms with Gasteiger partial charge in [-0.25, -0.2) is 0 Å². The monoisotopic (exact) mass is 469 g/mol. The van der Waals surface area contributed by atoms with Crippen LogP contribution in [0.5, 0.6) is 0 Å². The van der Waals surface area contributed by atoms with Crippen molar-refractivity contribution in [2.75, 3.05) is 43.6 Å². The molecule has 0 saturated heterocycles. The van der Waals surface area contributed by atoms with Gasteiger partial charge in [-0.05, 0) is 34.9 Å². The van der Waals surface area contributed by atoms with Gasteiger partial charge in [-0.3, -0.25) is 4.99 Å². The van der Waals surface area contributed by atoms with Gasteiger partial charge < -0.3 is 35.5 Å². The molecule has 138 valence electrons. The van der Waals surface area contributed by atoms with E-state index in [0.717, 1.165) is 35.7 Å². The summed E-state index contributed by atoms with van der Waals surface area (Å²) in [5, 5.41) is 4.55. The summed E-state index contributed by atoms with van der Waals surface area (Å²) >= 11 is 10.8. The van der Waals surface area contributed by atoms with Crippen LogP contribution in [0.4, 0.5) is 11.4 Å². The molecular weight excluding hydrogens is 448 g/mol. The molecule has 0 aromatic heterocycles. The van der Waals surface area contributed by atoms with Crippen LogP contribution in [0.3, 0.4) is 0 Å². The summed E-state index contributed by atoms with van der Waals surface area (Å²) in [5.41, 5.74) is 5.45. The van der Waals surface area contributed by atoms with Gasteiger partial charge in [0.2, 0.25) is 0 Å². The summed E-state index contributed by atoms with van der Waals surface area (Å²) in [7, 11) is 4.08. The molecule has 0 unspecified atom stereocenters. The summed E-state index contributed by atoms with van der Waals surface area (Å²) in [6.45, 7) is 1.30. The number of rotatable bonds is 8. The van der Waals surface area contributed by atoms with E-state index in [1.54, 1.807) is 0 Å². The maximum atomic E-state index is 8.22. The number of hydrogen-bond acceptors (Lipinski definition) is 5. The van der Waals surface area contributed by atoms with Crippen molar-refractivity contribution in [3.8, 4) is 11.1 Å². The quantitative estimate of drug-likeness (QED) is 0.435. The topological polar surface area (TPSA) is 46.8 Å². The minimum absolute atomic E-state index is 0.622. The summed E-state index contributed by atoms with van der Waals surface area (Å²) in [4.78, 5) is 6.47. The Morgan fingerprint density at radius 2 is 1.69 bits per heavy atom. The number of hydrogen-bond donors (Lipinski definition) is 0. The molecule has 0 bridgehead atoms. The van der Waals surface area contributed by atoms with Gasteiger partial charge in [0.15, 0.2) is 0 Å². The molecule has 0 fully saturated rings. The van der Waals surface area contributed by atoms with Gasteiger partial charge in [0.1, 0.15) is 0 Å². The Kier molecular flexibility index (Phi) is 11.5. The third kappa shape index (κ3) is 7.23. The van der Waals surface area contributed by atoms with Crippen molar-refractivity contribution in [3.63, 3.8) is 0 Å². The fourth-order valence-electron chi connectivity index (χ4n) is 2.32. The zero-order valence-corrected chi connectivity index (χ0v) is 18.4. The third-order valence-corrected chi connectivity index (χ3v) is 3.93. The average molecular weight is 471 g/mol. The van der Waals surface area contributed by atoms with E-state index in [-0.39, 0.29) is 0 Å². The molecule has 0 atom stereocenters. The van der Waals surface area contributed by atoms with E-state index in [1.807, 2.05) is 26.4 Å². The second-order valence-electron chi connectivity index (χ2n) is 5.54. The van der Waals surface area contributed by atoms with Crippen LogP contribution in [0, 0.1) is 0 Å². The fourth-order valence-corrected chi connectivity index (χ4v) is 2.51. The zero-order chi connectivity index (χ0) is 19.4. The molecule has 0 aliphatic carbocycles. The van der Waals surface area contributed by atoms with Crippen molar-refractivity contribution in [1.82, 2.24) is 0 Å². The van der Waals surface area contributed by atoms with Gasteiger partial charge in [0.25, 0.3) is 0 Å². The van der Waals surface area contributed by atoms with Gasteiger partial charge in [-0.15, -0.1) is 5.69 Å². The minimum atomic E-state index is 0.622. The first-order chi connectivity index (χ1) is 12.7. The van der Waals surface area contributed by atoms with Crippen LogP contribution in [-0.2, 0) is 47.6 Å². The van der Waals surface area contributed by atoms with E-state index < -0.39 is 0 Å². The van der Waals surface area contributed by atoms with Crippen molar-refractivity contribution in [2.24, 2.45) is 4.99 Å². The first kappa shape index (κ1) is 22.9. The number of aliphatic imine (C=N–C) groups is 1. The van der Waals surface area contributed by atoms with Crippen molar-refractivity contribution in [1.29, 1.82) is 0 Å². The first-order valence-electron chi connectivity index (χ1n) is 8.06. The number of nitrogens with zero attached hydrogens (tertiary/aromatic N) is 3. The van der Waals surface area contributed by atoms with Crippen LogP contribution in [0.1, 0.15) is 5.56 Å². The molecule has 2 rings (SSSR count). The van der Waals surface area contributed by atoms with Gasteiger partial charge in [-0.1, -0.05) is 24.3 Å². The fraction of sp³-hybridized carbons (Fsp3) is 0.316. The van der Waals surface area contributed by atoms with Crippen molar-refractivity contribution >= 4 is 42.8 Å². The standard InChI is InChI=1S/C19H24N3S2.O.Tc/c1-22(2)18-6-3-15(4-7-18)16-5-8-19(21-10-12-24)17(13-16)14-20-9-11-23;;/h3-8,13-14H,9-12H2,1-2H3,(H2-,20,21,23,24);;/q-1;;+3/p-2. The molecule has 0 radical (unpaired) electrons. The normalized spacial score (nSPS) is 10.3. The van der Waals surface area contributed by atoms with E-state index in [4.69, 9.17) is 28.8 Å². The Morgan fingerprint density at radius 1 is 1.04 bits per heavy atom. The van der Waals surface area contributed by atoms with Crippen LogP contribution >= 0.6 is 0 Å². The van der Waals surface area contributed by atoms with Gasteiger partial charge in [0.05, 0.1) is 0 Å². The predicted molar refractivity (Wildman–Crippen MR) is 112 cm³/mol. The Hall–Kier alpha value is -1.14. The summed E-state index contributed by atoms with van der Waals surface area (Å²) in [6, 6.07) is 14.8. The van der Waals surface area contributed by atoms with Crippen LogP contribution in [-0.4, -0.2) is 44.9 Å². The summed E-state index contributed by atoms with van der Waals surface area (Å²) in [6.07, 6.45) is 1.87. The molecule has 0 aliphatic heterocycles. The molecular formula is C19H22N3OS2Tc. The first-order valence-corrected chi connectivity index (χ1v) is 9.98. The SMILES string of the molecule is CN(C)c1ccc(-c2ccc([N-]CC[S-])c(C=NCC[S-])c2)cc1.[O]=[Tc+3]. The number of anilines is 1. The molecule has 26 heavy (non-hydrogen) atoms. The van der Waals surface area contributed by atoms with E-state index in [2.05, 4.69) is 51.6 Å². The second-order valence-corrected chi connectivity index (χ2v) is 6.36.